The zero-order valence-electron chi connectivity index (χ0n) is 15.2. The molecule has 1 aliphatic rings. The van der Waals surface area contributed by atoms with E-state index in [0.717, 1.165) is 5.56 Å². The summed E-state index contributed by atoms with van der Waals surface area (Å²) in [7, 11) is -3.78. The lowest BCUT2D eigenvalue weighted by atomic mass is 10.1. The molecule has 1 N–H and O–H groups in total. The number of amides is 1. The van der Waals surface area contributed by atoms with Gasteiger partial charge in [-0.3, -0.25) is 9.52 Å². The van der Waals surface area contributed by atoms with E-state index in [1.54, 1.807) is 29.2 Å². The quantitative estimate of drug-likeness (QED) is 0.894. The van der Waals surface area contributed by atoms with Crippen LogP contribution < -0.4 is 14.4 Å². The fourth-order valence-electron chi connectivity index (χ4n) is 2.96. The van der Waals surface area contributed by atoms with Crippen molar-refractivity contribution in [2.75, 3.05) is 16.2 Å². The van der Waals surface area contributed by atoms with E-state index in [2.05, 4.69) is 4.72 Å². The number of hydrogen-bond acceptors (Lipinski definition) is 4. The number of anilines is 2. The van der Waals surface area contributed by atoms with Gasteiger partial charge in [-0.15, -0.1) is 0 Å². The molecule has 2 aromatic rings. The highest BCUT2D eigenvalue weighted by Crippen LogP contribution is 2.38. The van der Waals surface area contributed by atoms with Crippen molar-refractivity contribution in [2.45, 2.75) is 38.2 Å². The Morgan fingerprint density at radius 2 is 1.92 bits per heavy atom. The smallest absolute Gasteiger partial charge is 0.261 e. The fraction of sp³-hybridized carbons (Fsp3) is 0.316. The maximum atomic E-state index is 12.7. The van der Waals surface area contributed by atoms with Crippen LogP contribution in [0.25, 0.3) is 0 Å². The Morgan fingerprint density at radius 3 is 2.58 bits per heavy atom. The molecule has 1 amide bonds. The molecule has 0 saturated heterocycles. The molecule has 6 nitrogen and oxygen atoms in total. The molecule has 0 saturated carbocycles. The summed E-state index contributed by atoms with van der Waals surface area (Å²) in [4.78, 5) is 13.7. The third-order valence-electron chi connectivity index (χ3n) is 4.11. The number of nitrogens with one attached hydrogen (secondary N) is 1. The SMILES string of the molecule is CC(=O)N1CC(C)(C)Oc2ccc(S(=O)(=O)Nc3cccc(C)c3)cc21. The Kier molecular flexibility index (Phi) is 4.44. The van der Waals surface area contributed by atoms with Gasteiger partial charge in [0, 0.05) is 12.6 Å². The third kappa shape index (κ3) is 3.67. The molecule has 0 bridgehead atoms. The van der Waals surface area contributed by atoms with Crippen molar-refractivity contribution in [2.24, 2.45) is 0 Å². The van der Waals surface area contributed by atoms with Crippen LogP contribution in [0.1, 0.15) is 26.3 Å². The molecule has 2 aromatic carbocycles. The Balaban J connectivity index is 2.00. The van der Waals surface area contributed by atoms with Gasteiger partial charge < -0.3 is 9.64 Å². The van der Waals surface area contributed by atoms with Gasteiger partial charge >= 0.3 is 0 Å². The van der Waals surface area contributed by atoms with Crippen molar-refractivity contribution in [1.29, 1.82) is 0 Å². The molecule has 0 spiro atoms. The van der Waals surface area contributed by atoms with Crippen LogP contribution >= 0.6 is 0 Å². The largest absolute Gasteiger partial charge is 0.484 e. The Morgan fingerprint density at radius 1 is 1.19 bits per heavy atom. The highest BCUT2D eigenvalue weighted by Gasteiger charge is 2.34. The first-order chi connectivity index (χ1) is 12.1. The van der Waals surface area contributed by atoms with Crippen molar-refractivity contribution in [3.63, 3.8) is 0 Å². The molecule has 0 fully saturated rings. The zero-order valence-corrected chi connectivity index (χ0v) is 16.1. The molecule has 1 heterocycles. The summed E-state index contributed by atoms with van der Waals surface area (Å²) in [6.07, 6.45) is 0. The van der Waals surface area contributed by atoms with Crippen LogP contribution in [0.4, 0.5) is 11.4 Å². The number of sulfonamides is 1. The number of carbonyl (C=O) groups excluding carboxylic acids is 1. The fourth-order valence-corrected chi connectivity index (χ4v) is 4.03. The van der Waals surface area contributed by atoms with E-state index in [1.807, 2.05) is 26.8 Å². The van der Waals surface area contributed by atoms with E-state index in [4.69, 9.17) is 4.74 Å². The number of ether oxygens (including phenoxy) is 1. The van der Waals surface area contributed by atoms with E-state index in [0.29, 0.717) is 23.7 Å². The Labute approximate surface area is 153 Å². The van der Waals surface area contributed by atoms with Crippen LogP contribution in [-0.4, -0.2) is 26.5 Å². The monoisotopic (exact) mass is 374 g/mol. The molecule has 1 aliphatic heterocycles. The molecular formula is C19H22N2O4S. The predicted molar refractivity (Wildman–Crippen MR) is 101 cm³/mol. The lowest BCUT2D eigenvalue weighted by Gasteiger charge is -2.39. The lowest BCUT2D eigenvalue weighted by Crippen LogP contribution is -2.48. The molecular weight excluding hydrogens is 352 g/mol. The maximum absolute atomic E-state index is 12.7. The summed E-state index contributed by atoms with van der Waals surface area (Å²) in [6, 6.07) is 11.7. The average molecular weight is 374 g/mol. The second-order valence-corrected chi connectivity index (χ2v) is 8.75. The van der Waals surface area contributed by atoms with Crippen molar-refractivity contribution in [3.8, 4) is 5.75 Å². The molecule has 0 atom stereocenters. The number of carbonyl (C=O) groups is 1. The standard InChI is InChI=1S/C19H22N2O4S/c1-13-6-5-7-15(10-13)20-26(23,24)16-8-9-18-17(11-16)21(14(2)22)12-19(3,4)25-18/h5-11,20H,12H2,1-4H3. The van der Waals surface area contributed by atoms with Gasteiger partial charge in [0.25, 0.3) is 10.0 Å². The maximum Gasteiger partial charge on any atom is 0.261 e. The van der Waals surface area contributed by atoms with Gasteiger partial charge in [-0.25, -0.2) is 8.42 Å². The molecule has 0 aliphatic carbocycles. The second kappa shape index (κ2) is 6.32. The van der Waals surface area contributed by atoms with E-state index >= 15 is 0 Å². The second-order valence-electron chi connectivity index (χ2n) is 7.07. The highest BCUT2D eigenvalue weighted by atomic mass is 32.2. The number of rotatable bonds is 3. The molecule has 0 unspecified atom stereocenters. The topological polar surface area (TPSA) is 75.7 Å². The van der Waals surface area contributed by atoms with Gasteiger partial charge in [-0.1, -0.05) is 12.1 Å². The van der Waals surface area contributed by atoms with Gasteiger partial charge in [-0.2, -0.15) is 0 Å². The van der Waals surface area contributed by atoms with Crippen molar-refractivity contribution < 1.29 is 17.9 Å². The summed E-state index contributed by atoms with van der Waals surface area (Å²) in [6.45, 7) is 7.47. The molecule has 7 heteroatoms. The summed E-state index contributed by atoms with van der Waals surface area (Å²) < 4.78 is 34.0. The van der Waals surface area contributed by atoms with Crippen molar-refractivity contribution in [1.82, 2.24) is 0 Å². The summed E-state index contributed by atoms with van der Waals surface area (Å²) in [5.74, 6) is 0.328. The van der Waals surface area contributed by atoms with Gasteiger partial charge in [0.05, 0.1) is 17.1 Å². The zero-order chi connectivity index (χ0) is 19.1. The summed E-state index contributed by atoms with van der Waals surface area (Å²) in [5.41, 5.74) is 1.36. The minimum atomic E-state index is -3.78. The molecule has 138 valence electrons. The lowest BCUT2D eigenvalue weighted by molar-refractivity contribution is -0.117. The Hall–Kier alpha value is -2.54. The molecule has 0 radical (unpaired) electrons. The minimum Gasteiger partial charge on any atom is -0.484 e. The number of nitrogens with zero attached hydrogens (tertiary/aromatic N) is 1. The normalized spacial score (nSPS) is 15.8. The van der Waals surface area contributed by atoms with Gasteiger partial charge in [0.2, 0.25) is 5.91 Å². The number of benzene rings is 2. The third-order valence-corrected chi connectivity index (χ3v) is 5.49. The van der Waals surface area contributed by atoms with Gasteiger partial charge in [-0.05, 0) is 56.7 Å². The van der Waals surface area contributed by atoms with Crippen LogP contribution in [0.3, 0.4) is 0 Å². The summed E-state index contributed by atoms with van der Waals surface area (Å²) >= 11 is 0. The first-order valence-electron chi connectivity index (χ1n) is 8.28. The van der Waals surface area contributed by atoms with Crippen molar-refractivity contribution in [3.05, 3.63) is 48.0 Å². The van der Waals surface area contributed by atoms with Crippen LogP contribution in [-0.2, 0) is 14.8 Å². The van der Waals surface area contributed by atoms with E-state index in [9.17, 15) is 13.2 Å². The van der Waals surface area contributed by atoms with Crippen molar-refractivity contribution >= 4 is 27.3 Å². The van der Waals surface area contributed by atoms with Crippen LogP contribution in [0.15, 0.2) is 47.4 Å². The Bertz CT molecular complexity index is 967. The highest BCUT2D eigenvalue weighted by molar-refractivity contribution is 7.92. The molecule has 0 aromatic heterocycles. The molecule has 3 rings (SSSR count). The molecule has 26 heavy (non-hydrogen) atoms. The van der Waals surface area contributed by atoms with Gasteiger partial charge in [0.15, 0.2) is 0 Å². The number of hydrogen-bond donors (Lipinski definition) is 1. The number of aryl methyl sites for hydroxylation is 1. The van der Waals surface area contributed by atoms with E-state index in [1.165, 1.54) is 19.1 Å². The van der Waals surface area contributed by atoms with E-state index < -0.39 is 15.6 Å². The van der Waals surface area contributed by atoms with Crippen LogP contribution in [0, 0.1) is 6.92 Å². The number of fused-ring (bicyclic) bond motifs is 1. The average Bonchev–Trinajstić information content (AvgIpc) is 2.52. The predicted octanol–water partition coefficient (Wildman–Crippen LogP) is 3.32. The first kappa shape index (κ1) is 18.3. The van der Waals surface area contributed by atoms with Crippen LogP contribution in [0.5, 0.6) is 5.75 Å². The van der Waals surface area contributed by atoms with Crippen LogP contribution in [0.2, 0.25) is 0 Å². The first-order valence-corrected chi connectivity index (χ1v) is 9.76. The minimum absolute atomic E-state index is 0.0762. The van der Waals surface area contributed by atoms with Gasteiger partial charge in [0.1, 0.15) is 11.4 Å². The summed E-state index contributed by atoms with van der Waals surface area (Å²) in [5, 5.41) is 0. The van der Waals surface area contributed by atoms with E-state index in [-0.39, 0.29) is 10.8 Å².